The number of carbonyl (C=O) groups is 2. The fourth-order valence-electron chi connectivity index (χ4n) is 2.67. The minimum atomic E-state index is -0.405. The first-order valence-corrected chi connectivity index (χ1v) is 8.55. The topological polar surface area (TPSA) is 79.1 Å². The molecule has 1 aliphatic rings. The Kier molecular flexibility index (Phi) is 3.96. The Morgan fingerprint density at radius 1 is 1.12 bits per heavy atom. The first-order valence-electron chi connectivity index (χ1n) is 7.73. The standard InChI is InChI=1S/C18H14N2O5S/c1-20-12-5-3-11(17(22)23-2)8-15(12)26-18(20)19-16(21)10-4-6-13-14(7-10)25-9-24-13/h3-8H,9H2,1-2H3. The van der Waals surface area contributed by atoms with Crippen molar-refractivity contribution in [3.05, 3.63) is 52.3 Å². The second-order valence-corrected chi connectivity index (χ2v) is 6.61. The van der Waals surface area contributed by atoms with Gasteiger partial charge in [0.1, 0.15) is 0 Å². The summed E-state index contributed by atoms with van der Waals surface area (Å²) in [5.74, 6) is 0.371. The summed E-state index contributed by atoms with van der Waals surface area (Å²) in [6.07, 6.45) is 0. The number of nitrogens with zero attached hydrogens (tertiary/aromatic N) is 2. The van der Waals surface area contributed by atoms with E-state index in [2.05, 4.69) is 4.99 Å². The first-order chi connectivity index (χ1) is 12.6. The predicted octanol–water partition coefficient (Wildman–Crippen LogP) is 2.50. The summed E-state index contributed by atoms with van der Waals surface area (Å²) < 4.78 is 17.9. The van der Waals surface area contributed by atoms with E-state index in [0.29, 0.717) is 27.4 Å². The van der Waals surface area contributed by atoms with Crippen LogP contribution in [0.5, 0.6) is 11.5 Å². The Bertz CT molecular complexity index is 1110. The van der Waals surface area contributed by atoms with Gasteiger partial charge in [-0.05, 0) is 36.4 Å². The smallest absolute Gasteiger partial charge is 0.337 e. The quantitative estimate of drug-likeness (QED) is 0.648. The van der Waals surface area contributed by atoms with Crippen molar-refractivity contribution in [1.82, 2.24) is 4.57 Å². The number of rotatable bonds is 2. The van der Waals surface area contributed by atoms with Gasteiger partial charge in [0, 0.05) is 12.6 Å². The highest BCUT2D eigenvalue weighted by Gasteiger charge is 2.16. The van der Waals surface area contributed by atoms with Crippen LogP contribution in [0.2, 0.25) is 0 Å². The largest absolute Gasteiger partial charge is 0.465 e. The maximum absolute atomic E-state index is 12.5. The van der Waals surface area contributed by atoms with Crippen LogP contribution >= 0.6 is 11.3 Å². The van der Waals surface area contributed by atoms with Gasteiger partial charge in [-0.1, -0.05) is 11.3 Å². The molecule has 0 bridgehead atoms. The van der Waals surface area contributed by atoms with Crippen molar-refractivity contribution in [3.8, 4) is 11.5 Å². The summed E-state index contributed by atoms with van der Waals surface area (Å²) in [6.45, 7) is 0.151. The van der Waals surface area contributed by atoms with Crippen molar-refractivity contribution in [1.29, 1.82) is 0 Å². The number of hydrogen-bond donors (Lipinski definition) is 0. The Hall–Kier alpha value is -3.13. The van der Waals surface area contributed by atoms with Crippen molar-refractivity contribution < 1.29 is 23.8 Å². The average Bonchev–Trinajstić information content (AvgIpc) is 3.24. The normalized spacial score (nSPS) is 13.2. The van der Waals surface area contributed by atoms with Crippen molar-refractivity contribution in [2.24, 2.45) is 12.0 Å². The molecule has 0 fully saturated rings. The molecule has 2 heterocycles. The number of benzene rings is 2. The zero-order chi connectivity index (χ0) is 18.3. The molecule has 1 aromatic heterocycles. The van der Waals surface area contributed by atoms with Crippen LogP contribution < -0.4 is 14.3 Å². The highest BCUT2D eigenvalue weighted by atomic mass is 32.1. The summed E-state index contributed by atoms with van der Waals surface area (Å²) in [7, 11) is 3.16. The van der Waals surface area contributed by atoms with Gasteiger partial charge >= 0.3 is 5.97 Å². The predicted molar refractivity (Wildman–Crippen MR) is 94.6 cm³/mol. The lowest BCUT2D eigenvalue weighted by Crippen LogP contribution is -2.13. The average molecular weight is 370 g/mol. The van der Waals surface area contributed by atoms with Gasteiger partial charge in [0.25, 0.3) is 5.91 Å². The highest BCUT2D eigenvalue weighted by molar-refractivity contribution is 7.16. The molecular formula is C18H14N2O5S. The number of esters is 1. The SMILES string of the molecule is COC(=O)c1ccc2c(c1)sc(=NC(=O)c1ccc3c(c1)OCO3)n2C. The van der Waals surface area contributed by atoms with Crippen LogP contribution in [-0.4, -0.2) is 30.3 Å². The summed E-state index contributed by atoms with van der Waals surface area (Å²) in [4.78, 5) is 28.9. The fourth-order valence-corrected chi connectivity index (χ4v) is 3.72. The molecule has 7 nitrogen and oxygen atoms in total. The van der Waals surface area contributed by atoms with Gasteiger partial charge in [-0.15, -0.1) is 0 Å². The van der Waals surface area contributed by atoms with E-state index in [1.165, 1.54) is 18.4 Å². The maximum Gasteiger partial charge on any atom is 0.337 e. The number of fused-ring (bicyclic) bond motifs is 2. The molecule has 26 heavy (non-hydrogen) atoms. The number of hydrogen-bond acceptors (Lipinski definition) is 6. The molecule has 0 radical (unpaired) electrons. The van der Waals surface area contributed by atoms with Gasteiger partial charge in [0.2, 0.25) is 6.79 Å². The lowest BCUT2D eigenvalue weighted by atomic mass is 10.2. The van der Waals surface area contributed by atoms with E-state index in [0.717, 1.165) is 10.2 Å². The molecule has 8 heteroatoms. The number of aryl methyl sites for hydroxylation is 1. The van der Waals surface area contributed by atoms with Crippen LogP contribution in [-0.2, 0) is 11.8 Å². The Morgan fingerprint density at radius 3 is 2.69 bits per heavy atom. The summed E-state index contributed by atoms with van der Waals surface area (Å²) in [5.41, 5.74) is 1.75. The minimum absolute atomic E-state index is 0.151. The number of amides is 1. The number of aromatic nitrogens is 1. The summed E-state index contributed by atoms with van der Waals surface area (Å²) in [6, 6.07) is 10.2. The first kappa shape index (κ1) is 16.3. The van der Waals surface area contributed by atoms with Crippen LogP contribution in [0, 0.1) is 0 Å². The van der Waals surface area contributed by atoms with E-state index in [4.69, 9.17) is 14.2 Å². The molecule has 0 unspecified atom stereocenters. The van der Waals surface area contributed by atoms with Gasteiger partial charge in [0.05, 0.1) is 22.9 Å². The molecule has 2 aromatic carbocycles. The molecule has 132 valence electrons. The van der Waals surface area contributed by atoms with Gasteiger partial charge < -0.3 is 18.8 Å². The van der Waals surface area contributed by atoms with E-state index in [1.54, 1.807) is 30.3 Å². The zero-order valence-electron chi connectivity index (χ0n) is 14.0. The Morgan fingerprint density at radius 2 is 1.88 bits per heavy atom. The van der Waals surface area contributed by atoms with Gasteiger partial charge in [0.15, 0.2) is 16.3 Å². The van der Waals surface area contributed by atoms with E-state index >= 15 is 0 Å². The van der Waals surface area contributed by atoms with E-state index in [1.807, 2.05) is 17.7 Å². The molecule has 4 rings (SSSR count). The molecule has 0 spiro atoms. The number of methoxy groups -OCH3 is 1. The third-order valence-corrected chi connectivity index (χ3v) is 5.14. The monoisotopic (exact) mass is 370 g/mol. The molecule has 1 aliphatic heterocycles. The summed E-state index contributed by atoms with van der Waals surface area (Å²) >= 11 is 1.33. The van der Waals surface area contributed by atoms with Gasteiger partial charge in [-0.3, -0.25) is 4.79 Å². The maximum atomic E-state index is 12.5. The fraction of sp³-hybridized carbons (Fsp3) is 0.167. The van der Waals surface area contributed by atoms with E-state index in [-0.39, 0.29) is 12.7 Å². The van der Waals surface area contributed by atoms with Crippen molar-refractivity contribution >= 4 is 33.4 Å². The van der Waals surface area contributed by atoms with E-state index in [9.17, 15) is 9.59 Å². The molecule has 0 aliphatic carbocycles. The molecular weight excluding hydrogens is 356 g/mol. The molecule has 0 atom stereocenters. The van der Waals surface area contributed by atoms with Crippen LogP contribution in [0.15, 0.2) is 41.4 Å². The number of thiazole rings is 1. The van der Waals surface area contributed by atoms with Crippen molar-refractivity contribution in [2.75, 3.05) is 13.9 Å². The van der Waals surface area contributed by atoms with Crippen LogP contribution in [0.25, 0.3) is 10.2 Å². The Balaban J connectivity index is 1.74. The van der Waals surface area contributed by atoms with Crippen molar-refractivity contribution in [2.45, 2.75) is 0 Å². The molecule has 0 saturated carbocycles. The molecule has 3 aromatic rings. The van der Waals surface area contributed by atoms with Gasteiger partial charge in [-0.2, -0.15) is 4.99 Å². The second kappa shape index (κ2) is 6.30. The van der Waals surface area contributed by atoms with Crippen LogP contribution in [0.3, 0.4) is 0 Å². The lowest BCUT2D eigenvalue weighted by Gasteiger charge is -2.00. The van der Waals surface area contributed by atoms with Crippen LogP contribution in [0.4, 0.5) is 0 Å². The summed E-state index contributed by atoms with van der Waals surface area (Å²) in [5, 5.41) is 0. The highest BCUT2D eigenvalue weighted by Crippen LogP contribution is 2.32. The number of ether oxygens (including phenoxy) is 3. The molecule has 1 amide bonds. The lowest BCUT2D eigenvalue weighted by molar-refractivity contribution is 0.0600. The van der Waals surface area contributed by atoms with Crippen LogP contribution in [0.1, 0.15) is 20.7 Å². The van der Waals surface area contributed by atoms with Gasteiger partial charge in [-0.25, -0.2) is 4.79 Å². The number of carbonyl (C=O) groups excluding carboxylic acids is 2. The minimum Gasteiger partial charge on any atom is -0.465 e. The third-order valence-electron chi connectivity index (χ3n) is 4.05. The van der Waals surface area contributed by atoms with Crippen molar-refractivity contribution in [3.63, 3.8) is 0 Å². The van der Waals surface area contributed by atoms with E-state index < -0.39 is 5.97 Å². The molecule has 0 N–H and O–H groups in total. The third kappa shape index (κ3) is 2.74. The zero-order valence-corrected chi connectivity index (χ0v) is 14.8. The molecule has 0 saturated heterocycles. The second-order valence-electron chi connectivity index (χ2n) is 5.60. The Labute approximate surface area is 152 Å².